The van der Waals surface area contributed by atoms with Crippen LogP contribution in [-0.4, -0.2) is 44.8 Å². The lowest BCUT2D eigenvalue weighted by Gasteiger charge is -2.43. The molecule has 0 radical (unpaired) electrons. The second-order valence-electron chi connectivity index (χ2n) is 8.71. The molecule has 2 atom stereocenters. The molecule has 3 aromatic rings. The summed E-state index contributed by atoms with van der Waals surface area (Å²) in [7, 11) is -1.20. The summed E-state index contributed by atoms with van der Waals surface area (Å²) < 4.78 is 36.7. The fourth-order valence-corrected chi connectivity index (χ4v) is 5.83. The minimum atomic E-state index is -2.98. The van der Waals surface area contributed by atoms with Gasteiger partial charge in [-0.3, -0.25) is 9.88 Å². The lowest BCUT2D eigenvalue weighted by molar-refractivity contribution is -0.0794. The van der Waals surface area contributed by atoms with Crippen molar-refractivity contribution in [2.45, 2.75) is 38.3 Å². The Hall–Kier alpha value is -2.13. The second-order valence-corrected chi connectivity index (χ2v) is 11.1. The van der Waals surface area contributed by atoms with E-state index >= 15 is 8.78 Å². The van der Waals surface area contributed by atoms with Gasteiger partial charge in [0.05, 0.1) is 24.9 Å². The molecule has 0 amide bonds. The van der Waals surface area contributed by atoms with Crippen LogP contribution in [0.2, 0.25) is 0 Å². The molecule has 1 aliphatic heterocycles. The van der Waals surface area contributed by atoms with Gasteiger partial charge >= 0.3 is 0 Å². The van der Waals surface area contributed by atoms with Crippen molar-refractivity contribution in [3.05, 3.63) is 87.7 Å². The van der Waals surface area contributed by atoms with Gasteiger partial charge in [0.25, 0.3) is 5.92 Å². The molecule has 0 saturated heterocycles. The number of rotatable bonds is 7. The molecular formula is C25H28BrF2N3OSi. The van der Waals surface area contributed by atoms with Gasteiger partial charge in [-0.1, -0.05) is 36.4 Å². The summed E-state index contributed by atoms with van der Waals surface area (Å²) in [5.41, 5.74) is 10.8. The SMILES string of the molecule is Cc1c(N)ccc2c1C[C@@H](C)N(CC(F)(F)CO[SiH2]c1ccccc1)[C@@H]2c1ccc(Br)cn1. The summed E-state index contributed by atoms with van der Waals surface area (Å²) >= 11 is 3.42. The number of nitrogen functional groups attached to an aromatic ring is 1. The van der Waals surface area contributed by atoms with Gasteiger partial charge in [-0.05, 0) is 76.3 Å². The van der Waals surface area contributed by atoms with E-state index in [0.29, 0.717) is 6.42 Å². The maximum atomic E-state index is 15.2. The molecule has 0 bridgehead atoms. The first-order chi connectivity index (χ1) is 15.7. The van der Waals surface area contributed by atoms with E-state index < -0.39 is 28.8 Å². The predicted molar refractivity (Wildman–Crippen MR) is 135 cm³/mol. The molecule has 0 unspecified atom stereocenters. The normalized spacial score (nSPS) is 19.2. The number of fused-ring (bicyclic) bond motifs is 1. The summed E-state index contributed by atoms with van der Waals surface area (Å²) in [5.74, 6) is -2.98. The van der Waals surface area contributed by atoms with Crippen LogP contribution >= 0.6 is 15.9 Å². The van der Waals surface area contributed by atoms with E-state index in [-0.39, 0.29) is 12.1 Å². The van der Waals surface area contributed by atoms with Crippen molar-refractivity contribution in [2.24, 2.45) is 0 Å². The first kappa shape index (κ1) is 24.0. The maximum absolute atomic E-state index is 15.2. The Labute approximate surface area is 204 Å². The van der Waals surface area contributed by atoms with Crippen molar-refractivity contribution in [1.82, 2.24) is 9.88 Å². The van der Waals surface area contributed by atoms with Gasteiger partial charge < -0.3 is 10.2 Å². The number of aromatic nitrogens is 1. The minimum absolute atomic E-state index is 0.106. The number of benzene rings is 2. The molecule has 4 rings (SSSR count). The fourth-order valence-electron chi connectivity index (χ4n) is 4.50. The molecule has 8 heteroatoms. The smallest absolute Gasteiger partial charge is 0.282 e. The summed E-state index contributed by atoms with van der Waals surface area (Å²) in [6.07, 6.45) is 2.37. The van der Waals surface area contributed by atoms with Crippen LogP contribution in [0.1, 0.15) is 35.3 Å². The van der Waals surface area contributed by atoms with Crippen LogP contribution in [0.5, 0.6) is 0 Å². The van der Waals surface area contributed by atoms with Crippen LogP contribution in [0.4, 0.5) is 14.5 Å². The standard InChI is InChI=1S/C25H28BrF2N3OSi/c1-16-12-21-17(2)22(29)10-9-20(21)24(23-11-8-18(26)13-30-23)31(16)14-25(27,28)15-32-33-19-6-4-3-5-7-19/h3-11,13,16,24H,12,14-15,29,33H2,1-2H3/t16-,24+/m1/s1. The Bertz CT molecular complexity index is 1100. The van der Waals surface area contributed by atoms with Crippen molar-refractivity contribution in [2.75, 3.05) is 18.9 Å². The van der Waals surface area contributed by atoms with Gasteiger partial charge in [0, 0.05) is 22.4 Å². The molecule has 2 aromatic carbocycles. The monoisotopic (exact) mass is 531 g/mol. The molecule has 0 saturated carbocycles. The Morgan fingerprint density at radius 2 is 1.94 bits per heavy atom. The highest BCUT2D eigenvalue weighted by molar-refractivity contribution is 9.10. The van der Waals surface area contributed by atoms with Crippen LogP contribution in [0.15, 0.2) is 65.3 Å². The van der Waals surface area contributed by atoms with Crippen LogP contribution in [0.3, 0.4) is 0 Å². The number of halogens is 3. The Morgan fingerprint density at radius 1 is 1.18 bits per heavy atom. The molecule has 0 fully saturated rings. The summed E-state index contributed by atoms with van der Waals surface area (Å²) in [4.78, 5) is 6.44. The number of nitrogens with zero attached hydrogens (tertiary/aromatic N) is 2. The maximum Gasteiger partial charge on any atom is 0.282 e. The molecule has 0 spiro atoms. The summed E-state index contributed by atoms with van der Waals surface area (Å²) in [6.45, 7) is 3.01. The molecule has 1 aromatic heterocycles. The molecule has 0 aliphatic carbocycles. The van der Waals surface area contributed by atoms with Crippen molar-refractivity contribution in [1.29, 1.82) is 0 Å². The fraction of sp³-hybridized carbons (Fsp3) is 0.320. The van der Waals surface area contributed by atoms with Crippen LogP contribution < -0.4 is 10.9 Å². The predicted octanol–water partition coefficient (Wildman–Crippen LogP) is 4.13. The highest BCUT2D eigenvalue weighted by atomic mass is 79.9. The van der Waals surface area contributed by atoms with Crippen molar-refractivity contribution < 1.29 is 13.2 Å². The number of pyridine rings is 1. The second kappa shape index (κ2) is 10.0. The van der Waals surface area contributed by atoms with Crippen molar-refractivity contribution >= 4 is 36.6 Å². The number of hydrogen-bond acceptors (Lipinski definition) is 4. The van der Waals surface area contributed by atoms with Gasteiger partial charge in [0.2, 0.25) is 0 Å². The molecule has 4 nitrogen and oxygen atoms in total. The Morgan fingerprint density at radius 3 is 2.64 bits per heavy atom. The van der Waals surface area contributed by atoms with Gasteiger partial charge in [-0.25, -0.2) is 8.78 Å². The topological polar surface area (TPSA) is 51.4 Å². The molecule has 2 N–H and O–H groups in total. The average molecular weight is 533 g/mol. The van der Waals surface area contributed by atoms with Crippen LogP contribution in [0.25, 0.3) is 0 Å². The quantitative estimate of drug-likeness (QED) is 0.367. The highest BCUT2D eigenvalue weighted by Gasteiger charge is 2.41. The zero-order chi connectivity index (χ0) is 23.6. The largest absolute Gasteiger partial charge is 0.412 e. The van der Waals surface area contributed by atoms with E-state index in [9.17, 15) is 0 Å². The number of nitrogens with two attached hydrogens (primary N) is 1. The summed E-state index contributed by atoms with van der Waals surface area (Å²) in [6, 6.07) is 16.7. The first-order valence-electron chi connectivity index (χ1n) is 11.0. The van der Waals surface area contributed by atoms with Gasteiger partial charge in [-0.2, -0.15) is 0 Å². The van der Waals surface area contributed by atoms with Crippen LogP contribution in [0, 0.1) is 6.92 Å². The third kappa shape index (κ3) is 5.51. The molecule has 1 aliphatic rings. The third-order valence-corrected chi connectivity index (χ3v) is 7.92. The zero-order valence-corrected chi connectivity index (χ0v) is 21.8. The van der Waals surface area contributed by atoms with Crippen molar-refractivity contribution in [3.8, 4) is 0 Å². The Kier molecular flexibility index (Phi) is 7.28. The average Bonchev–Trinajstić information content (AvgIpc) is 2.79. The van der Waals surface area contributed by atoms with E-state index in [0.717, 1.165) is 37.7 Å². The zero-order valence-electron chi connectivity index (χ0n) is 18.8. The lowest BCUT2D eigenvalue weighted by Crippen LogP contribution is -2.50. The lowest BCUT2D eigenvalue weighted by atomic mass is 9.83. The molecular weight excluding hydrogens is 504 g/mol. The van der Waals surface area contributed by atoms with Gasteiger partial charge in [0.15, 0.2) is 9.76 Å². The van der Waals surface area contributed by atoms with E-state index in [1.54, 1.807) is 6.20 Å². The van der Waals surface area contributed by atoms with Crippen LogP contribution in [-0.2, 0) is 10.8 Å². The minimum Gasteiger partial charge on any atom is -0.412 e. The van der Waals surface area contributed by atoms with Crippen molar-refractivity contribution in [3.63, 3.8) is 0 Å². The number of alkyl halides is 2. The molecule has 174 valence electrons. The highest BCUT2D eigenvalue weighted by Crippen LogP contribution is 2.41. The molecule has 2 heterocycles. The van der Waals surface area contributed by atoms with E-state index in [1.165, 1.54) is 0 Å². The van der Waals surface area contributed by atoms with Gasteiger partial charge in [0.1, 0.15) is 0 Å². The van der Waals surface area contributed by atoms with E-state index in [2.05, 4.69) is 20.9 Å². The Balaban J connectivity index is 1.60. The van der Waals surface area contributed by atoms with E-state index in [1.807, 2.05) is 73.3 Å². The first-order valence-corrected chi connectivity index (χ1v) is 13.1. The number of anilines is 1. The number of hydrogen-bond donors (Lipinski definition) is 1. The van der Waals surface area contributed by atoms with Gasteiger partial charge in [-0.15, -0.1) is 0 Å². The third-order valence-electron chi connectivity index (χ3n) is 6.24. The molecule has 33 heavy (non-hydrogen) atoms. The summed E-state index contributed by atoms with van der Waals surface area (Å²) in [5, 5.41) is 1.01. The van der Waals surface area contributed by atoms with E-state index in [4.69, 9.17) is 10.2 Å².